The van der Waals surface area contributed by atoms with Crippen LogP contribution in [0.25, 0.3) is 4.91 Å². The highest BCUT2D eigenvalue weighted by atomic mass is 32.2. The van der Waals surface area contributed by atoms with Gasteiger partial charge in [-0.05, 0) is 36.6 Å². The molecule has 1 fully saturated rings. The molecule has 1 aromatic carbocycles. The van der Waals surface area contributed by atoms with Gasteiger partial charge in [-0.3, -0.25) is 4.90 Å². The van der Waals surface area contributed by atoms with Gasteiger partial charge in [-0.1, -0.05) is 0 Å². The van der Waals surface area contributed by atoms with Crippen molar-refractivity contribution in [1.82, 2.24) is 4.90 Å². The maximum absolute atomic E-state index is 13.1. The Kier molecular flexibility index (Phi) is 3.30. The minimum atomic E-state index is -0.519. The second-order valence-corrected chi connectivity index (χ2v) is 4.78. The summed E-state index contributed by atoms with van der Waals surface area (Å²) < 4.78 is 26.2. The van der Waals surface area contributed by atoms with E-state index in [0.29, 0.717) is 5.56 Å². The highest BCUT2D eigenvalue weighted by Crippen LogP contribution is 2.33. The lowest BCUT2D eigenvalue weighted by Gasteiger charge is -2.32. The Hall–Kier alpha value is -0.870. The minimum Gasteiger partial charge on any atom is -0.298 e. The molecule has 0 atom stereocenters. The molecule has 1 heterocycles. The molecule has 0 aliphatic carbocycles. The third-order valence-electron chi connectivity index (χ3n) is 2.57. The smallest absolute Gasteiger partial charge is 0.126 e. The van der Waals surface area contributed by atoms with Crippen molar-refractivity contribution in [2.45, 2.75) is 0 Å². The van der Waals surface area contributed by atoms with Gasteiger partial charge in [0.15, 0.2) is 0 Å². The summed E-state index contributed by atoms with van der Waals surface area (Å²) >= 11 is 1.55. The molecule has 1 aromatic rings. The molecular formula is C12H13F2NS. The fraction of sp³-hybridized carbons (Fsp3) is 0.333. The van der Waals surface area contributed by atoms with Gasteiger partial charge in [0.25, 0.3) is 0 Å². The van der Waals surface area contributed by atoms with Crippen molar-refractivity contribution in [2.24, 2.45) is 0 Å². The second kappa shape index (κ2) is 4.55. The summed E-state index contributed by atoms with van der Waals surface area (Å²) in [5, 5.41) is 0. The third-order valence-corrected chi connectivity index (χ3v) is 3.50. The first-order valence-electron chi connectivity index (χ1n) is 5.01. The topological polar surface area (TPSA) is 3.24 Å². The van der Waals surface area contributed by atoms with Gasteiger partial charge in [0.2, 0.25) is 0 Å². The fourth-order valence-corrected chi connectivity index (χ4v) is 2.67. The van der Waals surface area contributed by atoms with Gasteiger partial charge in [0.1, 0.15) is 11.6 Å². The minimum absolute atomic E-state index is 0.519. The van der Waals surface area contributed by atoms with E-state index in [1.807, 2.05) is 13.3 Å². The summed E-state index contributed by atoms with van der Waals surface area (Å²) in [6.45, 7) is 1.77. The Balaban J connectivity index is 2.38. The Labute approximate surface area is 98.1 Å². The molecule has 4 heteroatoms. The Morgan fingerprint density at radius 3 is 2.19 bits per heavy atom. The van der Waals surface area contributed by atoms with E-state index in [1.165, 1.54) is 17.7 Å². The summed E-state index contributed by atoms with van der Waals surface area (Å²) in [6.07, 6.45) is 1.93. The van der Waals surface area contributed by atoms with E-state index in [2.05, 4.69) is 4.90 Å². The number of rotatable bonds is 2. The Morgan fingerprint density at radius 1 is 1.19 bits per heavy atom. The van der Waals surface area contributed by atoms with E-state index in [-0.39, 0.29) is 0 Å². The van der Waals surface area contributed by atoms with Crippen molar-refractivity contribution in [1.29, 1.82) is 0 Å². The van der Waals surface area contributed by atoms with Crippen molar-refractivity contribution in [3.05, 3.63) is 41.0 Å². The summed E-state index contributed by atoms with van der Waals surface area (Å²) in [7, 11) is 2.02. The lowest BCUT2D eigenvalue weighted by molar-refractivity contribution is 0.312. The van der Waals surface area contributed by atoms with Crippen LogP contribution in [-0.2, 0) is 0 Å². The van der Waals surface area contributed by atoms with Crippen LogP contribution in [0.1, 0.15) is 5.56 Å². The van der Waals surface area contributed by atoms with Gasteiger partial charge in [0.05, 0.1) is 0 Å². The van der Waals surface area contributed by atoms with Gasteiger partial charge in [-0.2, -0.15) is 0 Å². The summed E-state index contributed by atoms with van der Waals surface area (Å²) in [5.41, 5.74) is 1.90. The van der Waals surface area contributed by atoms with E-state index >= 15 is 0 Å². The zero-order valence-electron chi connectivity index (χ0n) is 9.26. The molecule has 0 radical (unpaired) electrons. The summed E-state index contributed by atoms with van der Waals surface area (Å²) in [5.74, 6) is -1.04. The predicted octanol–water partition coefficient (Wildman–Crippen LogP) is 2.98. The van der Waals surface area contributed by atoms with Crippen LogP contribution in [-0.4, -0.2) is 31.3 Å². The molecule has 0 bridgehead atoms. The standard InChI is InChI=1S/C12H13F2NS/c1-15-6-9(7-15)12(16-2)8-3-10(13)5-11(14)4-8/h3-5H,6-7H2,1-2H3. The van der Waals surface area contributed by atoms with Crippen LogP contribution in [0.2, 0.25) is 0 Å². The molecular weight excluding hydrogens is 228 g/mol. The average molecular weight is 241 g/mol. The second-order valence-electron chi connectivity index (χ2n) is 3.97. The molecule has 86 valence electrons. The maximum Gasteiger partial charge on any atom is 0.126 e. The third kappa shape index (κ3) is 2.28. The van der Waals surface area contributed by atoms with Gasteiger partial charge in [-0.25, -0.2) is 8.78 Å². The van der Waals surface area contributed by atoms with Gasteiger partial charge in [0, 0.05) is 24.1 Å². The zero-order chi connectivity index (χ0) is 11.7. The molecule has 0 unspecified atom stereocenters. The number of likely N-dealkylation sites (N-methyl/N-ethyl adjacent to an activating group) is 1. The van der Waals surface area contributed by atoms with E-state index in [1.54, 1.807) is 11.8 Å². The first-order chi connectivity index (χ1) is 7.60. The maximum atomic E-state index is 13.1. The fourth-order valence-electron chi connectivity index (χ4n) is 1.90. The van der Waals surface area contributed by atoms with Gasteiger partial charge >= 0.3 is 0 Å². The van der Waals surface area contributed by atoms with E-state index in [0.717, 1.165) is 24.1 Å². The van der Waals surface area contributed by atoms with Gasteiger partial charge in [-0.15, -0.1) is 11.8 Å². The molecule has 0 spiro atoms. The van der Waals surface area contributed by atoms with Crippen molar-refractivity contribution in [3.8, 4) is 0 Å². The number of hydrogen-bond acceptors (Lipinski definition) is 2. The van der Waals surface area contributed by atoms with Crippen LogP contribution >= 0.6 is 11.8 Å². The molecule has 16 heavy (non-hydrogen) atoms. The summed E-state index contributed by atoms with van der Waals surface area (Å²) in [4.78, 5) is 3.15. The van der Waals surface area contributed by atoms with Crippen LogP contribution in [0.5, 0.6) is 0 Å². The van der Waals surface area contributed by atoms with Crippen molar-refractivity contribution >= 4 is 16.7 Å². The van der Waals surface area contributed by atoms with Crippen molar-refractivity contribution in [3.63, 3.8) is 0 Å². The average Bonchev–Trinajstić information content (AvgIpc) is 2.14. The molecule has 0 amide bonds. The van der Waals surface area contributed by atoms with Crippen LogP contribution in [0.3, 0.4) is 0 Å². The van der Waals surface area contributed by atoms with Crippen LogP contribution in [0.15, 0.2) is 23.8 Å². The molecule has 0 N–H and O–H groups in total. The molecule has 1 saturated heterocycles. The molecule has 1 aliphatic heterocycles. The first kappa shape index (κ1) is 11.6. The highest BCUT2D eigenvalue weighted by Gasteiger charge is 2.20. The molecule has 1 nitrogen and oxygen atoms in total. The lowest BCUT2D eigenvalue weighted by atomic mass is 10.0. The number of nitrogens with zero attached hydrogens (tertiary/aromatic N) is 1. The van der Waals surface area contributed by atoms with Crippen LogP contribution < -0.4 is 0 Å². The van der Waals surface area contributed by atoms with Crippen molar-refractivity contribution in [2.75, 3.05) is 26.4 Å². The first-order valence-corrected chi connectivity index (χ1v) is 6.23. The largest absolute Gasteiger partial charge is 0.298 e. The highest BCUT2D eigenvalue weighted by molar-refractivity contribution is 8.07. The predicted molar refractivity (Wildman–Crippen MR) is 64.3 cm³/mol. The number of hydrogen-bond donors (Lipinski definition) is 0. The quantitative estimate of drug-likeness (QED) is 0.783. The van der Waals surface area contributed by atoms with E-state index in [9.17, 15) is 8.78 Å². The van der Waals surface area contributed by atoms with E-state index in [4.69, 9.17) is 0 Å². The number of thioether (sulfide) groups is 1. The molecule has 2 rings (SSSR count). The monoisotopic (exact) mass is 241 g/mol. The number of benzene rings is 1. The van der Waals surface area contributed by atoms with E-state index < -0.39 is 11.6 Å². The Bertz CT molecular complexity index is 414. The molecule has 0 saturated carbocycles. The zero-order valence-corrected chi connectivity index (χ0v) is 10.1. The number of halogens is 2. The molecule has 1 aliphatic rings. The SMILES string of the molecule is CSC(=C1CN(C)C1)c1cc(F)cc(F)c1. The lowest BCUT2D eigenvalue weighted by Crippen LogP contribution is -2.36. The Morgan fingerprint density at radius 2 is 1.75 bits per heavy atom. The van der Waals surface area contributed by atoms with Crippen molar-refractivity contribution < 1.29 is 8.78 Å². The molecule has 0 aromatic heterocycles. The van der Waals surface area contributed by atoms with Crippen LogP contribution in [0, 0.1) is 11.6 Å². The van der Waals surface area contributed by atoms with Crippen LogP contribution in [0.4, 0.5) is 8.78 Å². The van der Waals surface area contributed by atoms with Gasteiger partial charge < -0.3 is 0 Å². The normalized spacial score (nSPS) is 16.1. The summed E-state index contributed by atoms with van der Waals surface area (Å²) in [6, 6.07) is 3.68. The number of likely N-dealkylation sites (tertiary alicyclic amines) is 1.